The molecular weight excluding hydrogens is 390 g/mol. The fourth-order valence-electron chi connectivity index (χ4n) is 3.54. The molecule has 0 bridgehead atoms. The van der Waals surface area contributed by atoms with E-state index >= 15 is 0 Å². The Morgan fingerprint density at radius 3 is 2.17 bits per heavy atom. The van der Waals surface area contributed by atoms with E-state index in [-0.39, 0.29) is 11.8 Å². The maximum absolute atomic E-state index is 13.5. The van der Waals surface area contributed by atoms with Crippen LogP contribution in [0.1, 0.15) is 27.8 Å². The van der Waals surface area contributed by atoms with Crippen LogP contribution in [0.3, 0.4) is 0 Å². The van der Waals surface area contributed by atoms with Gasteiger partial charge in [0.1, 0.15) is 0 Å². The summed E-state index contributed by atoms with van der Waals surface area (Å²) in [6.45, 7) is 5.95. The summed E-state index contributed by atoms with van der Waals surface area (Å²) in [5, 5.41) is 0. The summed E-state index contributed by atoms with van der Waals surface area (Å²) in [6, 6.07) is 23.5. The number of anilines is 1. The second-order valence-electron chi connectivity index (χ2n) is 7.51. The van der Waals surface area contributed by atoms with Gasteiger partial charge in [0.15, 0.2) is 0 Å². The fraction of sp³-hybridized carbons (Fsp3) is 0.154. The van der Waals surface area contributed by atoms with Crippen molar-refractivity contribution in [1.82, 2.24) is 0 Å². The molecule has 1 aliphatic heterocycles. The lowest BCUT2D eigenvalue weighted by Crippen LogP contribution is -2.32. The van der Waals surface area contributed by atoms with Gasteiger partial charge in [-0.05, 0) is 49.1 Å². The summed E-state index contributed by atoms with van der Waals surface area (Å²) >= 11 is 1.43. The van der Waals surface area contributed by atoms with Gasteiger partial charge in [0.2, 0.25) is 0 Å². The molecular formula is C26H23NO2S. The van der Waals surface area contributed by atoms with Crippen molar-refractivity contribution in [3.63, 3.8) is 0 Å². The van der Waals surface area contributed by atoms with Crippen LogP contribution in [-0.2, 0) is 15.3 Å². The summed E-state index contributed by atoms with van der Waals surface area (Å²) in [5.74, 6) is 0.129. The van der Waals surface area contributed by atoms with Gasteiger partial charge in [-0.1, -0.05) is 72.3 Å². The highest BCUT2D eigenvalue weighted by Crippen LogP contribution is 2.40. The van der Waals surface area contributed by atoms with E-state index in [1.165, 1.54) is 16.7 Å². The van der Waals surface area contributed by atoms with E-state index in [1.54, 1.807) is 0 Å². The molecule has 0 atom stereocenters. The number of rotatable bonds is 5. The Morgan fingerprint density at radius 1 is 0.767 bits per heavy atom. The van der Waals surface area contributed by atoms with Gasteiger partial charge in [-0.15, -0.1) is 11.8 Å². The molecule has 0 fully saturated rings. The van der Waals surface area contributed by atoms with Crippen molar-refractivity contribution in [3.8, 4) is 0 Å². The number of hydrogen-bond acceptors (Lipinski definition) is 3. The van der Waals surface area contributed by atoms with Gasteiger partial charge in [0.05, 0.1) is 16.2 Å². The van der Waals surface area contributed by atoms with Gasteiger partial charge < -0.3 is 0 Å². The number of carbonyl (C=O) groups is 2. The van der Waals surface area contributed by atoms with E-state index in [0.29, 0.717) is 21.9 Å². The number of hydrogen-bond donors (Lipinski definition) is 0. The first-order chi connectivity index (χ1) is 14.5. The lowest BCUT2D eigenvalue weighted by atomic mass is 10.0. The van der Waals surface area contributed by atoms with Gasteiger partial charge >= 0.3 is 0 Å². The van der Waals surface area contributed by atoms with Crippen LogP contribution in [0, 0.1) is 20.8 Å². The van der Waals surface area contributed by atoms with Crippen LogP contribution in [-0.4, -0.2) is 11.8 Å². The summed E-state index contributed by atoms with van der Waals surface area (Å²) in [7, 11) is 0. The molecule has 0 saturated carbocycles. The molecule has 4 rings (SSSR count). The lowest BCUT2D eigenvalue weighted by Gasteiger charge is -2.19. The molecule has 0 aromatic heterocycles. The maximum atomic E-state index is 13.5. The number of aryl methyl sites for hydroxylation is 2. The Morgan fingerprint density at radius 2 is 1.47 bits per heavy atom. The number of benzene rings is 3. The Bertz CT molecular complexity index is 1150. The highest BCUT2D eigenvalue weighted by Gasteiger charge is 2.40. The molecule has 0 aliphatic carbocycles. The zero-order chi connectivity index (χ0) is 21.3. The molecule has 3 aromatic carbocycles. The third kappa shape index (κ3) is 3.71. The van der Waals surface area contributed by atoms with E-state index in [1.807, 2.05) is 93.6 Å². The van der Waals surface area contributed by atoms with Gasteiger partial charge in [-0.3, -0.25) is 9.59 Å². The molecule has 3 nitrogen and oxygen atoms in total. The first-order valence-corrected chi connectivity index (χ1v) is 10.9. The van der Waals surface area contributed by atoms with Crippen molar-refractivity contribution in [3.05, 3.63) is 106 Å². The smallest absolute Gasteiger partial charge is 0.268 e. The van der Waals surface area contributed by atoms with Crippen LogP contribution in [0.2, 0.25) is 0 Å². The molecule has 2 amide bonds. The molecule has 0 radical (unpaired) electrons. The van der Waals surface area contributed by atoms with Crippen LogP contribution in [0.25, 0.3) is 5.57 Å². The van der Waals surface area contributed by atoms with Crippen molar-refractivity contribution in [2.24, 2.45) is 0 Å². The normalized spacial score (nSPS) is 14.0. The molecule has 0 spiro atoms. The van der Waals surface area contributed by atoms with Crippen LogP contribution < -0.4 is 4.90 Å². The number of imide groups is 1. The minimum atomic E-state index is -0.256. The summed E-state index contributed by atoms with van der Waals surface area (Å²) in [4.78, 5) is 28.8. The first kappa shape index (κ1) is 20.2. The molecule has 150 valence electrons. The van der Waals surface area contributed by atoms with Crippen molar-refractivity contribution < 1.29 is 9.59 Å². The molecule has 1 heterocycles. The predicted molar refractivity (Wildman–Crippen MR) is 124 cm³/mol. The van der Waals surface area contributed by atoms with E-state index in [0.717, 1.165) is 27.8 Å². The summed E-state index contributed by atoms with van der Waals surface area (Å²) in [6.07, 6.45) is 0. The van der Waals surface area contributed by atoms with Crippen molar-refractivity contribution in [2.45, 2.75) is 26.5 Å². The predicted octanol–water partition coefficient (Wildman–Crippen LogP) is 5.83. The zero-order valence-electron chi connectivity index (χ0n) is 17.3. The van der Waals surface area contributed by atoms with E-state index in [9.17, 15) is 9.59 Å². The average molecular weight is 414 g/mol. The highest BCUT2D eigenvalue weighted by atomic mass is 32.2. The third-order valence-corrected chi connectivity index (χ3v) is 6.57. The number of carbonyl (C=O) groups excluding carboxylic acids is 2. The minimum Gasteiger partial charge on any atom is -0.268 e. The Hall–Kier alpha value is -3.11. The number of nitrogens with zero attached hydrogens (tertiary/aromatic N) is 1. The largest absolute Gasteiger partial charge is 0.272 e. The maximum Gasteiger partial charge on any atom is 0.272 e. The quantitative estimate of drug-likeness (QED) is 0.494. The van der Waals surface area contributed by atoms with E-state index < -0.39 is 0 Å². The fourth-order valence-corrected chi connectivity index (χ4v) is 4.61. The van der Waals surface area contributed by atoms with E-state index in [4.69, 9.17) is 0 Å². The average Bonchev–Trinajstić information content (AvgIpc) is 2.99. The minimum absolute atomic E-state index is 0.245. The number of amides is 2. The van der Waals surface area contributed by atoms with Gasteiger partial charge in [-0.2, -0.15) is 0 Å². The Labute approximate surface area is 181 Å². The second-order valence-corrected chi connectivity index (χ2v) is 8.49. The summed E-state index contributed by atoms with van der Waals surface area (Å²) < 4.78 is 0. The molecule has 30 heavy (non-hydrogen) atoms. The lowest BCUT2D eigenvalue weighted by molar-refractivity contribution is -0.119. The first-order valence-electron chi connectivity index (χ1n) is 9.90. The zero-order valence-corrected chi connectivity index (χ0v) is 18.1. The van der Waals surface area contributed by atoms with Gasteiger partial charge in [0, 0.05) is 5.75 Å². The van der Waals surface area contributed by atoms with Crippen LogP contribution >= 0.6 is 11.8 Å². The monoisotopic (exact) mass is 413 g/mol. The Kier molecular flexibility index (Phi) is 5.60. The molecule has 1 aliphatic rings. The topological polar surface area (TPSA) is 37.4 Å². The Balaban J connectivity index is 1.77. The van der Waals surface area contributed by atoms with Crippen molar-refractivity contribution in [1.29, 1.82) is 0 Å². The van der Waals surface area contributed by atoms with Crippen LogP contribution in [0.15, 0.2) is 77.7 Å². The van der Waals surface area contributed by atoms with Crippen LogP contribution in [0.5, 0.6) is 0 Å². The molecule has 0 N–H and O–H groups in total. The number of thioether (sulfide) groups is 1. The van der Waals surface area contributed by atoms with Crippen molar-refractivity contribution in [2.75, 3.05) is 4.90 Å². The van der Waals surface area contributed by atoms with E-state index in [2.05, 4.69) is 0 Å². The SMILES string of the molecule is Cc1ccc(C2=C(SCc3ccccc3)C(=O)N(c3cccc(C)c3C)C2=O)cc1. The second kappa shape index (κ2) is 8.33. The van der Waals surface area contributed by atoms with Crippen molar-refractivity contribution >= 4 is 34.8 Å². The standard InChI is InChI=1S/C26H23NO2S/c1-17-12-14-21(15-13-17)23-24(30-16-20-9-5-4-6-10-20)26(29)27(25(23)28)22-11-7-8-18(2)19(22)3/h4-15H,16H2,1-3H3. The molecule has 3 aromatic rings. The molecule has 0 saturated heterocycles. The summed E-state index contributed by atoms with van der Waals surface area (Å²) in [5.41, 5.74) is 6.14. The molecule has 4 heteroatoms. The third-order valence-electron chi connectivity index (χ3n) is 5.42. The van der Waals surface area contributed by atoms with Gasteiger partial charge in [0.25, 0.3) is 11.8 Å². The highest BCUT2D eigenvalue weighted by molar-refractivity contribution is 8.03. The van der Waals surface area contributed by atoms with Gasteiger partial charge in [-0.25, -0.2) is 4.90 Å². The van der Waals surface area contributed by atoms with Crippen LogP contribution in [0.4, 0.5) is 5.69 Å². The molecule has 0 unspecified atom stereocenters.